The van der Waals surface area contributed by atoms with Crippen molar-refractivity contribution in [3.8, 4) is 0 Å². The zero-order chi connectivity index (χ0) is 18.9. The van der Waals surface area contributed by atoms with Gasteiger partial charge in [-0.2, -0.15) is 0 Å². The van der Waals surface area contributed by atoms with Crippen molar-refractivity contribution in [3.63, 3.8) is 0 Å². The van der Waals surface area contributed by atoms with Crippen molar-refractivity contribution in [1.82, 2.24) is 4.98 Å². The van der Waals surface area contributed by atoms with Crippen molar-refractivity contribution in [2.24, 2.45) is 0 Å². The summed E-state index contributed by atoms with van der Waals surface area (Å²) in [6, 6.07) is 14.8. The topological polar surface area (TPSA) is 62.0 Å². The Balaban J connectivity index is 2.00. The molecule has 0 saturated carbocycles. The Kier molecular flexibility index (Phi) is 4.92. The Morgan fingerprint density at radius 2 is 1.81 bits per heavy atom. The van der Waals surface area contributed by atoms with Gasteiger partial charge in [0.05, 0.1) is 11.1 Å². The molecular formula is C21H22N2O2S. The molecule has 0 saturated heterocycles. The minimum Gasteiger partial charge on any atom is -0.322 e. The summed E-state index contributed by atoms with van der Waals surface area (Å²) in [6.45, 7) is 6.24. The second-order valence-electron chi connectivity index (χ2n) is 7.21. The SMILES string of the molecule is CSc1ccccc1C(=O)Nc1ccc2c(C(C)(C)C)cc(=O)[nH]c2c1. The molecule has 2 N–H and O–H groups in total. The molecule has 134 valence electrons. The van der Waals surface area contributed by atoms with Gasteiger partial charge in [-0.1, -0.05) is 39.0 Å². The molecule has 1 aromatic heterocycles. The highest BCUT2D eigenvalue weighted by molar-refractivity contribution is 7.98. The number of pyridine rings is 1. The third-order valence-corrected chi connectivity index (χ3v) is 5.06. The first-order valence-electron chi connectivity index (χ1n) is 8.41. The third kappa shape index (κ3) is 3.68. The van der Waals surface area contributed by atoms with E-state index < -0.39 is 0 Å². The van der Waals surface area contributed by atoms with E-state index in [0.29, 0.717) is 11.3 Å². The smallest absolute Gasteiger partial charge is 0.256 e. The standard InChI is InChI=1S/C21H22N2O2S/c1-21(2,3)16-12-19(24)23-17-11-13(9-10-14(16)17)22-20(25)15-7-5-6-8-18(15)26-4/h5-12H,1-4H3,(H,22,25)(H,23,24). The van der Waals surface area contributed by atoms with Crippen LogP contribution in [0, 0.1) is 0 Å². The second kappa shape index (κ2) is 7.00. The summed E-state index contributed by atoms with van der Waals surface area (Å²) in [7, 11) is 0. The number of benzene rings is 2. The number of H-pyrrole nitrogens is 1. The van der Waals surface area contributed by atoms with Crippen LogP contribution in [0.1, 0.15) is 36.7 Å². The van der Waals surface area contributed by atoms with Gasteiger partial charge < -0.3 is 10.3 Å². The van der Waals surface area contributed by atoms with Crippen LogP contribution in [-0.4, -0.2) is 17.1 Å². The van der Waals surface area contributed by atoms with Gasteiger partial charge in [-0.05, 0) is 41.5 Å². The summed E-state index contributed by atoms with van der Waals surface area (Å²) in [5.74, 6) is -0.163. The first-order valence-corrected chi connectivity index (χ1v) is 9.64. The molecule has 0 fully saturated rings. The van der Waals surface area contributed by atoms with Gasteiger partial charge in [0.1, 0.15) is 0 Å². The molecule has 1 heterocycles. The fraction of sp³-hybridized carbons (Fsp3) is 0.238. The average molecular weight is 366 g/mol. The van der Waals surface area contributed by atoms with Gasteiger partial charge in [-0.15, -0.1) is 11.8 Å². The van der Waals surface area contributed by atoms with Crippen LogP contribution >= 0.6 is 11.8 Å². The lowest BCUT2D eigenvalue weighted by Crippen LogP contribution is -2.17. The largest absolute Gasteiger partial charge is 0.322 e. The Morgan fingerprint density at radius 3 is 2.50 bits per heavy atom. The van der Waals surface area contributed by atoms with E-state index >= 15 is 0 Å². The number of fused-ring (bicyclic) bond motifs is 1. The molecule has 0 aliphatic rings. The zero-order valence-corrected chi connectivity index (χ0v) is 16.2. The molecule has 0 spiro atoms. The van der Waals surface area contributed by atoms with Crippen LogP contribution in [0.2, 0.25) is 0 Å². The molecule has 0 atom stereocenters. The molecule has 0 aliphatic carbocycles. The molecule has 0 unspecified atom stereocenters. The van der Waals surface area contributed by atoms with Gasteiger partial charge in [-0.3, -0.25) is 9.59 Å². The van der Waals surface area contributed by atoms with E-state index in [1.54, 1.807) is 6.07 Å². The molecule has 5 heteroatoms. The maximum absolute atomic E-state index is 12.6. The first kappa shape index (κ1) is 18.3. The summed E-state index contributed by atoms with van der Waals surface area (Å²) < 4.78 is 0. The fourth-order valence-corrected chi connectivity index (χ4v) is 3.58. The molecule has 4 nitrogen and oxygen atoms in total. The fourth-order valence-electron chi connectivity index (χ4n) is 2.99. The van der Waals surface area contributed by atoms with Gasteiger partial charge >= 0.3 is 0 Å². The lowest BCUT2D eigenvalue weighted by Gasteiger charge is -2.21. The maximum Gasteiger partial charge on any atom is 0.256 e. The molecule has 0 radical (unpaired) electrons. The Hall–Kier alpha value is -2.53. The van der Waals surface area contributed by atoms with Crippen LogP contribution in [0.15, 0.2) is 58.2 Å². The summed E-state index contributed by atoms with van der Waals surface area (Å²) in [5.41, 5.74) is 2.71. The number of thioether (sulfide) groups is 1. The molecule has 0 aliphatic heterocycles. The van der Waals surface area contributed by atoms with Gasteiger partial charge in [0.25, 0.3) is 5.91 Å². The summed E-state index contributed by atoms with van der Waals surface area (Å²) in [5, 5.41) is 3.91. The van der Waals surface area contributed by atoms with E-state index in [9.17, 15) is 9.59 Å². The van der Waals surface area contributed by atoms with E-state index in [4.69, 9.17) is 0 Å². The predicted octanol–water partition coefficient (Wildman–Crippen LogP) is 4.80. The molecule has 3 rings (SSSR count). The van der Waals surface area contributed by atoms with E-state index in [2.05, 4.69) is 31.1 Å². The van der Waals surface area contributed by atoms with Crippen LogP contribution in [0.5, 0.6) is 0 Å². The van der Waals surface area contributed by atoms with Crippen LogP contribution in [0.4, 0.5) is 5.69 Å². The number of rotatable bonds is 3. The molecule has 2 aromatic carbocycles. The minimum atomic E-state index is -0.163. The lowest BCUT2D eigenvalue weighted by atomic mass is 9.85. The summed E-state index contributed by atoms with van der Waals surface area (Å²) in [6.07, 6.45) is 1.95. The maximum atomic E-state index is 12.6. The van der Waals surface area contributed by atoms with Crippen molar-refractivity contribution in [2.45, 2.75) is 31.1 Å². The number of amides is 1. The zero-order valence-electron chi connectivity index (χ0n) is 15.3. The van der Waals surface area contributed by atoms with Crippen LogP contribution in [0.25, 0.3) is 10.9 Å². The van der Waals surface area contributed by atoms with Crippen LogP contribution in [-0.2, 0) is 5.41 Å². The second-order valence-corrected chi connectivity index (χ2v) is 8.06. The van der Waals surface area contributed by atoms with Crippen molar-refractivity contribution in [2.75, 3.05) is 11.6 Å². The molecule has 0 bridgehead atoms. The quantitative estimate of drug-likeness (QED) is 0.655. The van der Waals surface area contributed by atoms with Gasteiger partial charge in [0.2, 0.25) is 5.56 Å². The van der Waals surface area contributed by atoms with Crippen molar-refractivity contribution < 1.29 is 4.79 Å². The number of aromatic nitrogens is 1. The number of nitrogens with one attached hydrogen (secondary N) is 2. The van der Waals surface area contributed by atoms with Crippen molar-refractivity contribution in [3.05, 3.63) is 70.0 Å². The van der Waals surface area contributed by atoms with E-state index in [1.165, 1.54) is 11.8 Å². The van der Waals surface area contributed by atoms with E-state index in [-0.39, 0.29) is 16.9 Å². The number of anilines is 1. The minimum absolute atomic E-state index is 0.140. The first-order chi connectivity index (χ1) is 12.3. The summed E-state index contributed by atoms with van der Waals surface area (Å²) in [4.78, 5) is 28.5. The highest BCUT2D eigenvalue weighted by Crippen LogP contribution is 2.29. The number of aromatic amines is 1. The molecule has 26 heavy (non-hydrogen) atoms. The number of carbonyl (C=O) groups excluding carboxylic acids is 1. The molecule has 1 amide bonds. The van der Waals surface area contributed by atoms with Gasteiger partial charge in [0, 0.05) is 22.0 Å². The van der Waals surface area contributed by atoms with Crippen LogP contribution < -0.4 is 10.9 Å². The summed E-state index contributed by atoms with van der Waals surface area (Å²) >= 11 is 1.54. The monoisotopic (exact) mass is 366 g/mol. The average Bonchev–Trinajstić information content (AvgIpc) is 2.59. The van der Waals surface area contributed by atoms with E-state index in [1.807, 2.05) is 48.7 Å². The van der Waals surface area contributed by atoms with Gasteiger partial charge in [0.15, 0.2) is 0 Å². The number of carbonyl (C=O) groups is 1. The lowest BCUT2D eigenvalue weighted by molar-refractivity contribution is 0.102. The van der Waals surface area contributed by atoms with Gasteiger partial charge in [-0.25, -0.2) is 0 Å². The van der Waals surface area contributed by atoms with E-state index in [0.717, 1.165) is 21.4 Å². The third-order valence-electron chi connectivity index (χ3n) is 4.26. The van der Waals surface area contributed by atoms with Crippen molar-refractivity contribution in [1.29, 1.82) is 0 Å². The Morgan fingerprint density at radius 1 is 1.08 bits per heavy atom. The predicted molar refractivity (Wildman–Crippen MR) is 109 cm³/mol. The normalized spacial score (nSPS) is 11.5. The molecule has 3 aromatic rings. The molecular weight excluding hydrogens is 344 g/mol. The highest BCUT2D eigenvalue weighted by Gasteiger charge is 2.18. The number of hydrogen-bond acceptors (Lipinski definition) is 3. The highest BCUT2D eigenvalue weighted by atomic mass is 32.2. The Bertz CT molecular complexity index is 1030. The number of hydrogen-bond donors (Lipinski definition) is 2. The van der Waals surface area contributed by atoms with Crippen molar-refractivity contribution >= 4 is 34.3 Å². The van der Waals surface area contributed by atoms with Crippen LogP contribution in [0.3, 0.4) is 0 Å². The Labute approximate surface area is 157 Å².